The minimum atomic E-state index is -4.65. The average Bonchev–Trinajstić information content (AvgIpc) is 3.62. The molecule has 0 rings (SSSR count). The lowest BCUT2D eigenvalue weighted by Gasteiger charge is -2.28. The van der Waals surface area contributed by atoms with E-state index in [-0.39, 0.29) is 26.1 Å². The Bertz CT molecular complexity index is 2030. The SMILES string of the molecule is CC/C=C\C/C=C\C/C=C\C/C=C\C/C=C\C/C=C\CCCCCCCCCCCCCCCCCCCCCCCCC(=O)OC(COC(=O)CCCCCCCC/C=C\C/C=C\C/C=C\C/C=C\C/C=C\C/C=C\CC)COP(=O)([O-])OCC[N+](C)(C)C. The first-order valence-electron chi connectivity index (χ1n) is 36.5. The summed E-state index contributed by atoms with van der Waals surface area (Å²) in [4.78, 5) is 38.1. The molecule has 2 atom stereocenters. The van der Waals surface area contributed by atoms with Gasteiger partial charge in [0.05, 0.1) is 27.7 Å². The molecule has 0 aromatic carbocycles. The zero-order chi connectivity index (χ0) is 65.5. The number of allylic oxidation sites excluding steroid dienone is 24. The number of phosphoric acid groups is 1. The number of ether oxygens (including phenoxy) is 2. The highest BCUT2D eigenvalue weighted by Crippen LogP contribution is 2.38. The van der Waals surface area contributed by atoms with Gasteiger partial charge in [0.25, 0.3) is 7.82 Å². The van der Waals surface area contributed by atoms with Crippen LogP contribution in [-0.4, -0.2) is 70.0 Å². The fourth-order valence-corrected chi connectivity index (χ4v) is 10.6. The number of rotatable bonds is 66. The summed E-state index contributed by atoms with van der Waals surface area (Å²) in [6.45, 7) is 4.01. The van der Waals surface area contributed by atoms with Crippen molar-refractivity contribution in [1.82, 2.24) is 0 Å². The summed E-state index contributed by atoms with van der Waals surface area (Å²) in [6, 6.07) is 0. The minimum Gasteiger partial charge on any atom is -0.756 e. The molecule has 0 amide bonds. The van der Waals surface area contributed by atoms with Crippen molar-refractivity contribution in [1.29, 1.82) is 0 Å². The van der Waals surface area contributed by atoms with Crippen molar-refractivity contribution >= 4 is 19.8 Å². The number of carbonyl (C=O) groups is 2. The van der Waals surface area contributed by atoms with Gasteiger partial charge >= 0.3 is 11.9 Å². The maximum atomic E-state index is 12.9. The van der Waals surface area contributed by atoms with Gasteiger partial charge in [-0.3, -0.25) is 14.2 Å². The van der Waals surface area contributed by atoms with E-state index < -0.39 is 32.5 Å². The molecule has 514 valence electrons. The summed E-state index contributed by atoms with van der Waals surface area (Å²) in [5.74, 6) is -0.848. The third-order valence-electron chi connectivity index (χ3n) is 15.4. The van der Waals surface area contributed by atoms with Gasteiger partial charge < -0.3 is 27.9 Å². The van der Waals surface area contributed by atoms with Gasteiger partial charge in [0.15, 0.2) is 6.10 Å². The predicted molar refractivity (Wildman–Crippen MR) is 387 cm³/mol. The number of phosphoric ester groups is 1. The maximum Gasteiger partial charge on any atom is 0.306 e. The summed E-state index contributed by atoms with van der Waals surface area (Å²) < 4.78 is 34.3. The molecule has 0 aromatic rings. The average molecular weight is 1270 g/mol. The van der Waals surface area contributed by atoms with Crippen molar-refractivity contribution in [3.05, 3.63) is 146 Å². The fourth-order valence-electron chi connectivity index (χ4n) is 9.84. The summed E-state index contributed by atoms with van der Waals surface area (Å²) in [5, 5.41) is 0. The number of likely N-dealkylation sites (N-methyl/N-ethyl adjacent to an activating group) is 1. The van der Waals surface area contributed by atoms with Gasteiger partial charge in [0.1, 0.15) is 19.8 Å². The lowest BCUT2D eigenvalue weighted by Crippen LogP contribution is -2.37. The quantitative estimate of drug-likeness (QED) is 0.0195. The molecule has 0 aliphatic rings. The van der Waals surface area contributed by atoms with E-state index >= 15 is 0 Å². The van der Waals surface area contributed by atoms with Gasteiger partial charge in [-0.05, 0) is 116 Å². The normalized spacial score (nSPS) is 14.0. The molecule has 0 radical (unpaired) electrons. The number of quaternary nitrogens is 1. The predicted octanol–water partition coefficient (Wildman–Crippen LogP) is 23.5. The van der Waals surface area contributed by atoms with E-state index in [1.165, 1.54) is 122 Å². The molecule has 9 nitrogen and oxygen atoms in total. The highest BCUT2D eigenvalue weighted by atomic mass is 31.2. The summed E-state index contributed by atoms with van der Waals surface area (Å²) in [5.41, 5.74) is 0. The molecule has 0 fully saturated rings. The van der Waals surface area contributed by atoms with E-state index in [2.05, 4.69) is 160 Å². The van der Waals surface area contributed by atoms with Gasteiger partial charge in [-0.15, -0.1) is 0 Å². The number of nitrogens with zero attached hydrogens (tertiary/aromatic N) is 1. The molecular weight excluding hydrogens is 1130 g/mol. The highest BCUT2D eigenvalue weighted by molar-refractivity contribution is 7.45. The molecule has 90 heavy (non-hydrogen) atoms. The minimum absolute atomic E-state index is 0.0385. The van der Waals surface area contributed by atoms with Crippen molar-refractivity contribution < 1.29 is 42.1 Å². The van der Waals surface area contributed by atoms with Crippen LogP contribution in [0.2, 0.25) is 0 Å². The van der Waals surface area contributed by atoms with E-state index in [9.17, 15) is 19.0 Å². The molecule has 2 unspecified atom stereocenters. The number of carbonyl (C=O) groups excluding carboxylic acids is 2. The van der Waals surface area contributed by atoms with Crippen LogP contribution in [0.25, 0.3) is 0 Å². The molecule has 0 aliphatic carbocycles. The van der Waals surface area contributed by atoms with Crippen molar-refractivity contribution in [2.24, 2.45) is 0 Å². The second-order valence-electron chi connectivity index (χ2n) is 25.2. The number of esters is 2. The number of unbranched alkanes of at least 4 members (excludes halogenated alkanes) is 28. The molecule has 10 heteroatoms. The summed E-state index contributed by atoms with van der Waals surface area (Å²) in [6.07, 6.45) is 102. The number of hydrogen-bond donors (Lipinski definition) is 0. The monoisotopic (exact) mass is 1270 g/mol. The zero-order valence-corrected chi connectivity index (χ0v) is 59.4. The van der Waals surface area contributed by atoms with Crippen molar-refractivity contribution in [2.45, 2.75) is 302 Å². The number of hydrogen-bond acceptors (Lipinski definition) is 8. The first kappa shape index (κ1) is 85.9. The highest BCUT2D eigenvalue weighted by Gasteiger charge is 2.22. The van der Waals surface area contributed by atoms with Crippen LogP contribution in [0.15, 0.2) is 146 Å². The van der Waals surface area contributed by atoms with Crippen LogP contribution in [0.4, 0.5) is 0 Å². The van der Waals surface area contributed by atoms with E-state index in [4.69, 9.17) is 18.5 Å². The maximum absolute atomic E-state index is 12.9. The lowest BCUT2D eigenvalue weighted by molar-refractivity contribution is -0.870. The Labute approximate surface area is 554 Å². The van der Waals surface area contributed by atoms with Crippen molar-refractivity contribution in [3.63, 3.8) is 0 Å². The first-order valence-corrected chi connectivity index (χ1v) is 38.0. The molecule has 0 N–H and O–H groups in total. The fraction of sp³-hybridized carbons (Fsp3) is 0.675. The van der Waals surface area contributed by atoms with Crippen LogP contribution < -0.4 is 4.89 Å². The molecule has 0 aliphatic heterocycles. The Morgan fingerprint density at radius 2 is 0.600 bits per heavy atom. The molecule has 0 bridgehead atoms. The Morgan fingerprint density at radius 3 is 0.889 bits per heavy atom. The lowest BCUT2D eigenvalue weighted by atomic mass is 10.0. The van der Waals surface area contributed by atoms with Crippen LogP contribution in [0.1, 0.15) is 296 Å². The van der Waals surface area contributed by atoms with Gasteiger partial charge in [-0.1, -0.05) is 314 Å². The second kappa shape index (κ2) is 69.2. The molecule has 0 saturated heterocycles. The van der Waals surface area contributed by atoms with Crippen molar-refractivity contribution in [2.75, 3.05) is 47.5 Å². The smallest absolute Gasteiger partial charge is 0.306 e. The topological polar surface area (TPSA) is 111 Å². The Balaban J connectivity index is 4.00. The molecule has 0 saturated carbocycles. The molecule has 0 heterocycles. The molecule has 0 spiro atoms. The van der Waals surface area contributed by atoms with Gasteiger partial charge in [0.2, 0.25) is 0 Å². The van der Waals surface area contributed by atoms with Crippen LogP contribution in [-0.2, 0) is 32.7 Å². The second-order valence-corrected chi connectivity index (χ2v) is 26.6. The summed E-state index contributed by atoms with van der Waals surface area (Å²) >= 11 is 0. The Hall–Kier alpha value is -4.11. The van der Waals surface area contributed by atoms with E-state index in [0.29, 0.717) is 23.9 Å². The molecular formula is C80H136NO8P. The van der Waals surface area contributed by atoms with Crippen LogP contribution in [0.5, 0.6) is 0 Å². The van der Waals surface area contributed by atoms with Gasteiger partial charge in [-0.2, -0.15) is 0 Å². The van der Waals surface area contributed by atoms with Crippen molar-refractivity contribution in [3.8, 4) is 0 Å². The standard InChI is InChI=1S/C80H136NO8P/c1-6-8-10-12-14-16-18-20-22-24-26-28-30-32-33-34-35-36-37-38-39-40-41-42-43-44-45-46-47-49-51-53-55-57-59-61-63-65-67-69-71-73-80(83)89-78(77-88-90(84,85)87-75-74-81(3,4)5)76-86-79(82)72-70-68-66-64-62-60-58-56-54-52-50-48-31-29-27-25-23-21-19-17-15-13-11-9-7-2/h8-11,14-17,20-23,26-29,32-33,35-36,48,50,54,56,78H,6-7,12-13,18-19,24-25,30-31,34,37-47,49,51-53,55,57-77H2,1-5H3/b10-8-,11-9-,16-14-,17-15-,22-20-,23-21-,28-26-,29-27-,33-32-,36-35-,50-48-,56-54-. The van der Waals surface area contributed by atoms with Gasteiger partial charge in [-0.25, -0.2) is 0 Å². The van der Waals surface area contributed by atoms with E-state index in [0.717, 1.165) is 135 Å². The first-order chi connectivity index (χ1) is 44.0. The van der Waals surface area contributed by atoms with E-state index in [1.807, 2.05) is 21.1 Å². The van der Waals surface area contributed by atoms with Crippen LogP contribution in [0, 0.1) is 0 Å². The Morgan fingerprint density at radius 1 is 0.344 bits per heavy atom. The van der Waals surface area contributed by atoms with Crippen LogP contribution in [0.3, 0.4) is 0 Å². The third-order valence-corrected chi connectivity index (χ3v) is 16.3. The third kappa shape index (κ3) is 72.9. The van der Waals surface area contributed by atoms with E-state index in [1.54, 1.807) is 0 Å². The van der Waals surface area contributed by atoms with Crippen LogP contribution >= 0.6 is 7.82 Å². The Kier molecular flexibility index (Phi) is 66.1. The summed E-state index contributed by atoms with van der Waals surface area (Å²) in [7, 11) is 1.15. The largest absolute Gasteiger partial charge is 0.756 e. The van der Waals surface area contributed by atoms with Gasteiger partial charge in [0, 0.05) is 12.8 Å². The zero-order valence-electron chi connectivity index (χ0n) is 58.5. The molecule has 0 aromatic heterocycles.